The molecule has 0 saturated carbocycles. The minimum Gasteiger partial charge on any atom is -0.293 e. The molecule has 0 aliphatic rings. The first-order valence-corrected chi connectivity index (χ1v) is 7.77. The molecule has 0 atom stereocenters. The Morgan fingerprint density at radius 1 is 1.09 bits per heavy atom. The lowest BCUT2D eigenvalue weighted by molar-refractivity contribution is 0.101. The van der Waals surface area contributed by atoms with Gasteiger partial charge in [-0.15, -0.1) is 0 Å². The molecule has 0 radical (unpaired) electrons. The summed E-state index contributed by atoms with van der Waals surface area (Å²) < 4.78 is 1.95. The van der Waals surface area contributed by atoms with Gasteiger partial charge in [-0.3, -0.25) is 14.5 Å². The maximum absolute atomic E-state index is 12.0. The quantitative estimate of drug-likeness (QED) is 0.676. The minimum atomic E-state index is -0.00506. The number of rotatable bonds is 3. The molecule has 0 amide bonds. The van der Waals surface area contributed by atoms with Crippen molar-refractivity contribution in [2.75, 3.05) is 0 Å². The Morgan fingerprint density at radius 2 is 1.78 bits per heavy atom. The molecular formula is C19H21N3O. The van der Waals surface area contributed by atoms with E-state index in [2.05, 4.69) is 43.0 Å². The van der Waals surface area contributed by atoms with Crippen LogP contribution in [0.1, 0.15) is 38.2 Å². The van der Waals surface area contributed by atoms with Gasteiger partial charge in [0.2, 0.25) is 0 Å². The van der Waals surface area contributed by atoms with E-state index in [0.717, 1.165) is 28.6 Å². The molecule has 0 aliphatic carbocycles. The van der Waals surface area contributed by atoms with Crippen molar-refractivity contribution in [1.29, 1.82) is 0 Å². The van der Waals surface area contributed by atoms with Crippen LogP contribution in [0.5, 0.6) is 0 Å². The molecule has 0 N–H and O–H groups in total. The summed E-state index contributed by atoms with van der Waals surface area (Å²) in [5.41, 5.74) is 3.79. The molecule has 4 nitrogen and oxygen atoms in total. The first-order valence-electron chi connectivity index (χ1n) is 7.77. The van der Waals surface area contributed by atoms with Crippen LogP contribution in [0.3, 0.4) is 0 Å². The number of pyridine rings is 1. The zero-order valence-corrected chi connectivity index (χ0v) is 14.0. The molecule has 3 rings (SSSR count). The number of carbonyl (C=O) groups excluding carboxylic acids is 1. The van der Waals surface area contributed by atoms with Crippen LogP contribution in [0, 0.1) is 5.41 Å². The fourth-order valence-corrected chi connectivity index (χ4v) is 2.73. The van der Waals surface area contributed by atoms with Crippen LogP contribution in [-0.2, 0) is 6.54 Å². The third kappa shape index (κ3) is 3.16. The topological polar surface area (TPSA) is 47.8 Å². The van der Waals surface area contributed by atoms with Crippen LogP contribution in [0.15, 0.2) is 42.7 Å². The fraction of sp³-hybridized carbons (Fsp3) is 0.316. The second-order valence-corrected chi connectivity index (χ2v) is 7.09. The molecule has 118 valence electrons. The molecule has 0 saturated heterocycles. The fourth-order valence-electron chi connectivity index (χ4n) is 2.73. The largest absolute Gasteiger partial charge is 0.293 e. The summed E-state index contributed by atoms with van der Waals surface area (Å²) in [5, 5.41) is 5.48. The Hall–Kier alpha value is -2.49. The normalized spacial score (nSPS) is 11.8. The number of aromatic nitrogens is 3. The van der Waals surface area contributed by atoms with Crippen molar-refractivity contribution in [3.63, 3.8) is 0 Å². The van der Waals surface area contributed by atoms with E-state index in [4.69, 9.17) is 0 Å². The number of Topliss-reactive ketones (excluding diaryl/α,β-unsaturated/α-hetero) is 1. The Labute approximate surface area is 136 Å². The first-order chi connectivity index (χ1) is 10.8. The summed E-state index contributed by atoms with van der Waals surface area (Å²) in [4.78, 5) is 16.1. The van der Waals surface area contributed by atoms with Crippen LogP contribution >= 0.6 is 0 Å². The molecule has 0 bridgehead atoms. The van der Waals surface area contributed by atoms with Gasteiger partial charge in [0.15, 0.2) is 5.78 Å². The van der Waals surface area contributed by atoms with Gasteiger partial charge in [-0.25, -0.2) is 0 Å². The monoisotopic (exact) mass is 307 g/mol. The van der Waals surface area contributed by atoms with E-state index in [-0.39, 0.29) is 11.2 Å². The van der Waals surface area contributed by atoms with Gasteiger partial charge >= 0.3 is 0 Å². The molecule has 0 spiro atoms. The van der Waals surface area contributed by atoms with Gasteiger partial charge in [0.05, 0.1) is 5.52 Å². The van der Waals surface area contributed by atoms with E-state index in [1.54, 1.807) is 19.3 Å². The van der Waals surface area contributed by atoms with Gasteiger partial charge in [0.1, 0.15) is 5.69 Å². The number of fused-ring (bicyclic) bond motifs is 1. The molecule has 3 aromatic rings. The predicted octanol–water partition coefficient (Wildman–Crippen LogP) is 4.35. The van der Waals surface area contributed by atoms with E-state index in [0.29, 0.717) is 5.69 Å². The highest BCUT2D eigenvalue weighted by atomic mass is 16.1. The number of hydrogen-bond donors (Lipinski definition) is 0. The summed E-state index contributed by atoms with van der Waals surface area (Å²) in [6, 6.07) is 10.1. The summed E-state index contributed by atoms with van der Waals surface area (Å²) in [6.45, 7) is 8.84. The van der Waals surface area contributed by atoms with E-state index in [9.17, 15) is 4.79 Å². The van der Waals surface area contributed by atoms with Gasteiger partial charge in [-0.2, -0.15) is 5.10 Å². The summed E-state index contributed by atoms with van der Waals surface area (Å²) >= 11 is 0. The third-order valence-corrected chi connectivity index (χ3v) is 3.72. The number of carbonyl (C=O) groups is 1. The van der Waals surface area contributed by atoms with E-state index >= 15 is 0 Å². The van der Waals surface area contributed by atoms with Crippen molar-refractivity contribution in [1.82, 2.24) is 14.8 Å². The second kappa shape index (κ2) is 5.61. The molecule has 4 heteroatoms. The summed E-state index contributed by atoms with van der Waals surface area (Å²) in [6.07, 6.45) is 3.54. The van der Waals surface area contributed by atoms with Crippen LogP contribution < -0.4 is 0 Å². The maximum Gasteiger partial charge on any atom is 0.180 e. The number of nitrogens with zero attached hydrogens (tertiary/aromatic N) is 3. The number of ketones is 1. The van der Waals surface area contributed by atoms with Crippen LogP contribution in [0.4, 0.5) is 0 Å². The van der Waals surface area contributed by atoms with E-state index < -0.39 is 0 Å². The van der Waals surface area contributed by atoms with Gasteiger partial charge in [0, 0.05) is 31.2 Å². The molecule has 2 aromatic heterocycles. The molecule has 2 heterocycles. The Morgan fingerprint density at radius 3 is 2.39 bits per heavy atom. The zero-order valence-electron chi connectivity index (χ0n) is 14.0. The Kier molecular flexibility index (Phi) is 3.76. The number of hydrogen-bond acceptors (Lipinski definition) is 3. The van der Waals surface area contributed by atoms with Gasteiger partial charge in [-0.1, -0.05) is 26.8 Å². The SMILES string of the molecule is CC(=O)c1nn(CC(C)(C)C)c2ccc(-c3ccncc3)cc12. The van der Waals surface area contributed by atoms with Gasteiger partial charge < -0.3 is 0 Å². The van der Waals surface area contributed by atoms with Crippen LogP contribution in [-0.4, -0.2) is 20.5 Å². The van der Waals surface area contributed by atoms with E-state index in [1.807, 2.05) is 22.9 Å². The molecule has 1 aromatic carbocycles. The smallest absolute Gasteiger partial charge is 0.180 e. The van der Waals surface area contributed by atoms with Gasteiger partial charge in [-0.05, 0) is 40.8 Å². The second-order valence-electron chi connectivity index (χ2n) is 7.09. The van der Waals surface area contributed by atoms with Gasteiger partial charge in [0.25, 0.3) is 0 Å². The lowest BCUT2D eigenvalue weighted by Gasteiger charge is -2.18. The van der Waals surface area contributed by atoms with Crippen molar-refractivity contribution in [2.45, 2.75) is 34.2 Å². The van der Waals surface area contributed by atoms with Crippen molar-refractivity contribution in [3.05, 3.63) is 48.4 Å². The first kappa shape index (κ1) is 15.4. The highest BCUT2D eigenvalue weighted by Crippen LogP contribution is 2.28. The standard InChI is InChI=1S/C19H21N3O/c1-13(23)18-16-11-15(14-7-9-20-10-8-14)5-6-17(16)22(21-18)12-19(2,3)4/h5-11H,12H2,1-4H3. The lowest BCUT2D eigenvalue weighted by Crippen LogP contribution is -2.16. The van der Waals surface area contributed by atoms with Crippen molar-refractivity contribution in [2.24, 2.45) is 5.41 Å². The Bertz CT molecular complexity index is 857. The zero-order chi connectivity index (χ0) is 16.6. The molecular weight excluding hydrogens is 286 g/mol. The third-order valence-electron chi connectivity index (χ3n) is 3.72. The number of benzene rings is 1. The average Bonchev–Trinajstić information content (AvgIpc) is 2.84. The Balaban J connectivity index is 2.18. The molecule has 0 aliphatic heterocycles. The lowest BCUT2D eigenvalue weighted by atomic mass is 9.97. The molecule has 0 fully saturated rings. The minimum absolute atomic E-state index is 0.00506. The molecule has 0 unspecified atom stereocenters. The summed E-state index contributed by atoms with van der Waals surface area (Å²) in [5.74, 6) is -0.00506. The average molecular weight is 307 g/mol. The van der Waals surface area contributed by atoms with Crippen molar-refractivity contribution in [3.8, 4) is 11.1 Å². The highest BCUT2D eigenvalue weighted by Gasteiger charge is 2.19. The van der Waals surface area contributed by atoms with Crippen LogP contribution in [0.2, 0.25) is 0 Å². The maximum atomic E-state index is 12.0. The highest BCUT2D eigenvalue weighted by molar-refractivity contribution is 6.05. The predicted molar refractivity (Wildman–Crippen MR) is 92.4 cm³/mol. The van der Waals surface area contributed by atoms with Crippen molar-refractivity contribution >= 4 is 16.7 Å². The molecule has 23 heavy (non-hydrogen) atoms. The summed E-state index contributed by atoms with van der Waals surface area (Å²) in [7, 11) is 0. The van der Waals surface area contributed by atoms with E-state index in [1.165, 1.54) is 0 Å². The van der Waals surface area contributed by atoms with Crippen molar-refractivity contribution < 1.29 is 4.79 Å². The van der Waals surface area contributed by atoms with Crippen LogP contribution in [0.25, 0.3) is 22.0 Å².